The van der Waals surface area contributed by atoms with E-state index in [-0.39, 0.29) is 5.91 Å². The van der Waals surface area contributed by atoms with E-state index in [2.05, 4.69) is 0 Å². The third-order valence-electron chi connectivity index (χ3n) is 3.10. The number of hydrogen-bond donors (Lipinski definition) is 0. The first kappa shape index (κ1) is 15.9. The summed E-state index contributed by atoms with van der Waals surface area (Å²) in [6, 6.07) is 17.6. The summed E-state index contributed by atoms with van der Waals surface area (Å²) in [4.78, 5) is 15.3. The van der Waals surface area contributed by atoms with Crippen LogP contribution in [0.5, 0.6) is 0 Å². The van der Waals surface area contributed by atoms with Gasteiger partial charge in [-0.3, -0.25) is 4.79 Å². The molecule has 110 valence electrons. The maximum absolute atomic E-state index is 12.3. The Morgan fingerprint density at radius 3 is 2.57 bits per heavy atom. The molecule has 1 amide bonds. The van der Waals surface area contributed by atoms with Crippen LogP contribution in [0, 0.1) is 0 Å². The van der Waals surface area contributed by atoms with E-state index in [1.807, 2.05) is 66.4 Å². The molecule has 0 radical (unpaired) electrons. The van der Waals surface area contributed by atoms with Crippen LogP contribution in [0.15, 0.2) is 59.5 Å². The zero-order chi connectivity index (χ0) is 15.1. The van der Waals surface area contributed by atoms with Gasteiger partial charge in [-0.1, -0.05) is 41.9 Å². The quantitative estimate of drug-likeness (QED) is 0.732. The molecule has 0 fully saturated rings. The highest BCUT2D eigenvalue weighted by Gasteiger charge is 2.12. The average molecular weight is 320 g/mol. The normalized spacial score (nSPS) is 10.4. The molecule has 0 bridgehead atoms. The number of halogens is 1. The largest absolute Gasteiger partial charge is 0.338 e. The lowest BCUT2D eigenvalue weighted by Crippen LogP contribution is -2.31. The SMILES string of the molecule is CCN(Cc1cccc(Cl)c1)C(=O)CSc1ccccc1. The van der Waals surface area contributed by atoms with Crippen LogP contribution in [0.3, 0.4) is 0 Å². The molecule has 0 spiro atoms. The third-order valence-corrected chi connectivity index (χ3v) is 4.33. The number of thioether (sulfide) groups is 1. The van der Waals surface area contributed by atoms with Crippen molar-refractivity contribution in [3.8, 4) is 0 Å². The van der Waals surface area contributed by atoms with Gasteiger partial charge in [-0.15, -0.1) is 11.8 Å². The molecule has 0 aromatic heterocycles. The van der Waals surface area contributed by atoms with Crippen LogP contribution < -0.4 is 0 Å². The van der Waals surface area contributed by atoms with Crippen LogP contribution in [0.1, 0.15) is 12.5 Å². The highest BCUT2D eigenvalue weighted by atomic mass is 35.5. The molecule has 0 aliphatic carbocycles. The van der Waals surface area contributed by atoms with Crippen LogP contribution >= 0.6 is 23.4 Å². The molecule has 2 aromatic carbocycles. The van der Waals surface area contributed by atoms with Crippen molar-refractivity contribution in [2.24, 2.45) is 0 Å². The number of amides is 1. The summed E-state index contributed by atoms with van der Waals surface area (Å²) in [6.45, 7) is 3.29. The van der Waals surface area contributed by atoms with E-state index in [4.69, 9.17) is 11.6 Å². The van der Waals surface area contributed by atoms with Crippen LogP contribution in [0.4, 0.5) is 0 Å². The summed E-state index contributed by atoms with van der Waals surface area (Å²) < 4.78 is 0. The second-order valence-corrected chi connectivity index (χ2v) is 6.12. The van der Waals surface area contributed by atoms with Gasteiger partial charge in [0.05, 0.1) is 5.75 Å². The van der Waals surface area contributed by atoms with E-state index >= 15 is 0 Å². The molecule has 4 heteroatoms. The van der Waals surface area contributed by atoms with Gasteiger partial charge in [0.25, 0.3) is 0 Å². The number of hydrogen-bond acceptors (Lipinski definition) is 2. The zero-order valence-electron chi connectivity index (χ0n) is 12.0. The smallest absolute Gasteiger partial charge is 0.233 e. The molecule has 0 saturated carbocycles. The summed E-state index contributed by atoms with van der Waals surface area (Å²) in [5.74, 6) is 0.602. The first-order valence-corrected chi connectivity index (χ1v) is 8.25. The Hall–Kier alpha value is -1.45. The predicted molar refractivity (Wildman–Crippen MR) is 89.7 cm³/mol. The Balaban J connectivity index is 1.92. The topological polar surface area (TPSA) is 20.3 Å². The maximum Gasteiger partial charge on any atom is 0.233 e. The number of rotatable bonds is 6. The molecule has 0 aliphatic rings. The van der Waals surface area contributed by atoms with E-state index in [0.29, 0.717) is 23.9 Å². The number of benzene rings is 2. The second-order valence-electron chi connectivity index (χ2n) is 4.64. The predicted octanol–water partition coefficient (Wildman–Crippen LogP) is 4.48. The van der Waals surface area contributed by atoms with E-state index in [1.54, 1.807) is 11.8 Å². The molecule has 0 aliphatic heterocycles. The number of carbonyl (C=O) groups is 1. The molecule has 2 aromatic rings. The minimum atomic E-state index is 0.145. The monoisotopic (exact) mass is 319 g/mol. The summed E-state index contributed by atoms with van der Waals surface area (Å²) in [7, 11) is 0. The Kier molecular flexibility index (Phi) is 6.15. The van der Waals surface area contributed by atoms with Crippen molar-refractivity contribution in [3.05, 3.63) is 65.2 Å². The molecular weight excluding hydrogens is 302 g/mol. The van der Waals surface area contributed by atoms with E-state index in [1.165, 1.54) is 0 Å². The number of carbonyl (C=O) groups excluding carboxylic acids is 1. The molecule has 0 saturated heterocycles. The Bertz CT molecular complexity index is 588. The first-order chi connectivity index (χ1) is 10.2. The van der Waals surface area contributed by atoms with Gasteiger partial charge in [0, 0.05) is 23.0 Å². The molecule has 0 heterocycles. The van der Waals surface area contributed by atoms with Crippen molar-refractivity contribution in [3.63, 3.8) is 0 Å². The average Bonchev–Trinajstić information content (AvgIpc) is 2.51. The van der Waals surface area contributed by atoms with Crippen molar-refractivity contribution < 1.29 is 4.79 Å². The molecule has 21 heavy (non-hydrogen) atoms. The van der Waals surface area contributed by atoms with Crippen molar-refractivity contribution in [1.82, 2.24) is 4.90 Å². The fourth-order valence-corrected chi connectivity index (χ4v) is 3.02. The van der Waals surface area contributed by atoms with Gasteiger partial charge in [-0.05, 0) is 36.8 Å². The van der Waals surface area contributed by atoms with Crippen molar-refractivity contribution in [2.75, 3.05) is 12.3 Å². The van der Waals surface area contributed by atoms with E-state index < -0.39 is 0 Å². The molecule has 0 unspecified atom stereocenters. The molecule has 2 nitrogen and oxygen atoms in total. The molecule has 0 N–H and O–H groups in total. The van der Waals surface area contributed by atoms with Crippen molar-refractivity contribution >= 4 is 29.3 Å². The summed E-state index contributed by atoms with van der Waals surface area (Å²) in [5.41, 5.74) is 1.06. The first-order valence-electron chi connectivity index (χ1n) is 6.89. The van der Waals surface area contributed by atoms with Gasteiger partial charge in [-0.25, -0.2) is 0 Å². The standard InChI is InChI=1S/C17H18ClNOS/c1-2-19(12-14-7-6-8-15(18)11-14)17(20)13-21-16-9-4-3-5-10-16/h3-11H,2,12-13H2,1H3. The highest BCUT2D eigenvalue weighted by Crippen LogP contribution is 2.18. The summed E-state index contributed by atoms with van der Waals surface area (Å²) in [6.07, 6.45) is 0. The van der Waals surface area contributed by atoms with Gasteiger partial charge in [0.2, 0.25) is 5.91 Å². The van der Waals surface area contributed by atoms with Crippen LogP contribution in [-0.2, 0) is 11.3 Å². The zero-order valence-corrected chi connectivity index (χ0v) is 13.5. The lowest BCUT2D eigenvalue weighted by Gasteiger charge is -2.21. The lowest BCUT2D eigenvalue weighted by atomic mass is 10.2. The minimum absolute atomic E-state index is 0.145. The van der Waals surface area contributed by atoms with Crippen LogP contribution in [-0.4, -0.2) is 23.1 Å². The fourth-order valence-electron chi connectivity index (χ4n) is 1.99. The van der Waals surface area contributed by atoms with Crippen LogP contribution in [0.25, 0.3) is 0 Å². The Morgan fingerprint density at radius 2 is 1.90 bits per heavy atom. The van der Waals surface area contributed by atoms with Gasteiger partial charge in [0.1, 0.15) is 0 Å². The van der Waals surface area contributed by atoms with Gasteiger partial charge < -0.3 is 4.90 Å². The number of nitrogens with zero attached hydrogens (tertiary/aromatic N) is 1. The molecule has 2 rings (SSSR count). The molecular formula is C17H18ClNOS. The maximum atomic E-state index is 12.3. The minimum Gasteiger partial charge on any atom is -0.338 e. The lowest BCUT2D eigenvalue weighted by molar-refractivity contribution is -0.128. The summed E-state index contributed by atoms with van der Waals surface area (Å²) in [5, 5.41) is 0.703. The van der Waals surface area contributed by atoms with Crippen LogP contribution in [0.2, 0.25) is 5.02 Å². The second kappa shape index (κ2) is 8.11. The van der Waals surface area contributed by atoms with E-state index in [9.17, 15) is 4.79 Å². The Labute approximate surface area is 135 Å². The van der Waals surface area contributed by atoms with E-state index in [0.717, 1.165) is 10.5 Å². The third kappa shape index (κ3) is 5.10. The highest BCUT2D eigenvalue weighted by molar-refractivity contribution is 8.00. The van der Waals surface area contributed by atoms with Crippen molar-refractivity contribution in [1.29, 1.82) is 0 Å². The van der Waals surface area contributed by atoms with Gasteiger partial charge in [0.15, 0.2) is 0 Å². The summed E-state index contributed by atoms with van der Waals surface area (Å²) >= 11 is 7.55. The molecule has 0 atom stereocenters. The Morgan fingerprint density at radius 1 is 1.14 bits per heavy atom. The van der Waals surface area contributed by atoms with Crippen molar-refractivity contribution in [2.45, 2.75) is 18.4 Å². The van der Waals surface area contributed by atoms with Gasteiger partial charge >= 0.3 is 0 Å². The van der Waals surface area contributed by atoms with Gasteiger partial charge in [-0.2, -0.15) is 0 Å². The fraction of sp³-hybridized carbons (Fsp3) is 0.235.